The molecule has 0 aliphatic carbocycles. The lowest BCUT2D eigenvalue weighted by atomic mass is 9.95. The normalized spacial score (nSPS) is 23.6. The predicted molar refractivity (Wildman–Crippen MR) is 59.6 cm³/mol. The zero-order valence-electron chi connectivity index (χ0n) is 9.02. The summed E-state index contributed by atoms with van der Waals surface area (Å²) in [5, 5.41) is 19.8. The van der Waals surface area contributed by atoms with Gasteiger partial charge in [-0.15, -0.1) is 0 Å². The van der Waals surface area contributed by atoms with Gasteiger partial charge in [0.15, 0.2) is 0 Å². The van der Waals surface area contributed by atoms with Crippen LogP contribution in [0.15, 0.2) is 30.3 Å². The highest BCUT2D eigenvalue weighted by molar-refractivity contribution is 5.65. The summed E-state index contributed by atoms with van der Waals surface area (Å²) in [7, 11) is 0. The van der Waals surface area contributed by atoms with Gasteiger partial charge in [0.05, 0.1) is 12.5 Å². The Morgan fingerprint density at radius 1 is 1.35 bits per heavy atom. The first kappa shape index (κ1) is 11.4. The van der Waals surface area contributed by atoms with Gasteiger partial charge in [0.25, 0.3) is 0 Å². The van der Waals surface area contributed by atoms with Crippen molar-refractivity contribution < 1.29 is 14.8 Å². The van der Waals surface area contributed by atoms with Crippen molar-refractivity contribution in [2.24, 2.45) is 0 Å². The highest BCUT2D eigenvalue weighted by atomic mass is 16.6. The number of amides is 1. The predicted octanol–water partition coefficient (Wildman–Crippen LogP) is 1.41. The Morgan fingerprint density at radius 3 is 2.53 bits per heavy atom. The zero-order chi connectivity index (χ0) is 12.4. The van der Waals surface area contributed by atoms with Crippen molar-refractivity contribution in [1.82, 2.24) is 4.90 Å². The first-order valence-corrected chi connectivity index (χ1v) is 5.26. The average molecular weight is 236 g/mol. The van der Waals surface area contributed by atoms with Crippen LogP contribution in [0.25, 0.3) is 0 Å². The third kappa shape index (κ3) is 2.20. The van der Waals surface area contributed by atoms with Crippen molar-refractivity contribution in [3.8, 4) is 0 Å². The van der Waals surface area contributed by atoms with Crippen LogP contribution < -0.4 is 0 Å². The number of carboxylic acid groups (broad SMARTS) is 1. The second-order valence-corrected chi connectivity index (χ2v) is 4.06. The monoisotopic (exact) mass is 236 g/mol. The highest BCUT2D eigenvalue weighted by Crippen LogP contribution is 2.29. The molecule has 1 aliphatic rings. The first-order valence-electron chi connectivity index (χ1n) is 5.26. The van der Waals surface area contributed by atoms with E-state index >= 15 is 0 Å². The van der Waals surface area contributed by atoms with Crippen molar-refractivity contribution in [1.29, 1.82) is 0 Å². The highest BCUT2D eigenvalue weighted by Gasteiger charge is 2.43. The molecule has 1 fully saturated rings. The SMILES string of the molecule is O=C(O)N1CC(c2ccccc2)C([N+](=O)[O-])C1. The van der Waals surface area contributed by atoms with E-state index in [0.29, 0.717) is 0 Å². The summed E-state index contributed by atoms with van der Waals surface area (Å²) in [5.74, 6) is -0.359. The lowest BCUT2D eigenvalue weighted by molar-refractivity contribution is -0.520. The van der Waals surface area contributed by atoms with Gasteiger partial charge in [0, 0.05) is 11.5 Å². The Hall–Kier alpha value is -2.11. The lowest BCUT2D eigenvalue weighted by Crippen LogP contribution is -2.30. The molecule has 2 rings (SSSR count). The summed E-state index contributed by atoms with van der Waals surface area (Å²) in [5.41, 5.74) is 0.818. The van der Waals surface area contributed by atoms with E-state index in [9.17, 15) is 14.9 Å². The standard InChI is InChI=1S/C11H12N2O4/c14-11(15)12-6-9(10(7-12)13(16)17)8-4-2-1-3-5-8/h1-5,9-10H,6-7H2,(H,14,15). The molecule has 0 aromatic heterocycles. The van der Waals surface area contributed by atoms with E-state index in [0.717, 1.165) is 10.5 Å². The Balaban J connectivity index is 2.26. The van der Waals surface area contributed by atoms with Crippen molar-refractivity contribution >= 4 is 6.09 Å². The van der Waals surface area contributed by atoms with Gasteiger partial charge in [-0.3, -0.25) is 10.1 Å². The number of nitro groups is 1. The van der Waals surface area contributed by atoms with Gasteiger partial charge in [-0.05, 0) is 5.56 Å². The Kier molecular flexibility index (Phi) is 2.95. The van der Waals surface area contributed by atoms with Crippen molar-refractivity contribution in [3.05, 3.63) is 46.0 Å². The van der Waals surface area contributed by atoms with Gasteiger partial charge in [0.1, 0.15) is 0 Å². The molecular weight excluding hydrogens is 224 g/mol. The number of carbonyl (C=O) groups is 1. The van der Waals surface area contributed by atoms with Gasteiger partial charge in [-0.25, -0.2) is 4.79 Å². The molecule has 1 saturated heterocycles. The van der Waals surface area contributed by atoms with Crippen LogP contribution in [-0.2, 0) is 0 Å². The summed E-state index contributed by atoms with van der Waals surface area (Å²) in [6.45, 7) is 0.146. The largest absolute Gasteiger partial charge is 0.465 e. The fraction of sp³-hybridized carbons (Fsp3) is 0.364. The third-order valence-corrected chi connectivity index (χ3v) is 3.06. The number of nitrogens with zero attached hydrogens (tertiary/aromatic N) is 2. The van der Waals surface area contributed by atoms with Gasteiger partial charge in [-0.1, -0.05) is 30.3 Å². The van der Waals surface area contributed by atoms with Crippen molar-refractivity contribution in [3.63, 3.8) is 0 Å². The van der Waals surface area contributed by atoms with Crippen molar-refractivity contribution in [2.45, 2.75) is 12.0 Å². The van der Waals surface area contributed by atoms with Crippen LogP contribution in [0.4, 0.5) is 4.79 Å². The van der Waals surface area contributed by atoms with Crippen LogP contribution in [-0.4, -0.2) is 40.2 Å². The maximum atomic E-state index is 10.9. The summed E-state index contributed by atoms with van der Waals surface area (Å²) in [4.78, 5) is 22.5. The molecular formula is C11H12N2O4. The fourth-order valence-electron chi connectivity index (χ4n) is 2.18. The van der Waals surface area contributed by atoms with E-state index in [1.54, 1.807) is 24.3 Å². The number of likely N-dealkylation sites (tertiary alicyclic amines) is 1. The number of rotatable bonds is 2. The smallest absolute Gasteiger partial charge is 0.407 e. The molecule has 0 bridgehead atoms. The number of hydrogen-bond acceptors (Lipinski definition) is 3. The van der Waals surface area contributed by atoms with E-state index in [2.05, 4.69) is 0 Å². The maximum absolute atomic E-state index is 10.9. The molecule has 1 aliphatic heterocycles. The lowest BCUT2D eigenvalue weighted by Gasteiger charge is -2.11. The van der Waals surface area contributed by atoms with Gasteiger partial charge in [0.2, 0.25) is 6.04 Å². The summed E-state index contributed by atoms with van der Waals surface area (Å²) >= 11 is 0. The molecule has 6 nitrogen and oxygen atoms in total. The van der Waals surface area contributed by atoms with Gasteiger partial charge in [-0.2, -0.15) is 0 Å². The van der Waals surface area contributed by atoms with Crippen LogP contribution in [0.1, 0.15) is 11.5 Å². The molecule has 0 spiro atoms. The van der Waals surface area contributed by atoms with Crippen LogP contribution in [0.3, 0.4) is 0 Å². The van der Waals surface area contributed by atoms with Gasteiger partial charge < -0.3 is 10.0 Å². The van der Waals surface area contributed by atoms with E-state index in [4.69, 9.17) is 5.11 Å². The third-order valence-electron chi connectivity index (χ3n) is 3.06. The molecule has 2 unspecified atom stereocenters. The van der Waals surface area contributed by atoms with E-state index in [1.165, 1.54) is 0 Å². The molecule has 1 heterocycles. The van der Waals surface area contributed by atoms with E-state index in [1.807, 2.05) is 6.07 Å². The Labute approximate surface area is 97.6 Å². The Bertz CT molecular complexity index is 434. The summed E-state index contributed by atoms with van der Waals surface area (Å²) in [6, 6.07) is 8.17. The molecule has 1 amide bonds. The minimum Gasteiger partial charge on any atom is -0.465 e. The van der Waals surface area contributed by atoms with Crippen LogP contribution in [0, 0.1) is 10.1 Å². The molecule has 1 aromatic carbocycles. The molecule has 6 heteroatoms. The Morgan fingerprint density at radius 2 is 2.00 bits per heavy atom. The molecule has 0 saturated carbocycles. The van der Waals surface area contributed by atoms with Crippen LogP contribution in [0.5, 0.6) is 0 Å². The van der Waals surface area contributed by atoms with E-state index < -0.39 is 12.1 Å². The first-order chi connectivity index (χ1) is 8.09. The maximum Gasteiger partial charge on any atom is 0.407 e. The summed E-state index contributed by atoms with van der Waals surface area (Å²) < 4.78 is 0. The average Bonchev–Trinajstić information content (AvgIpc) is 2.75. The molecule has 1 aromatic rings. The van der Waals surface area contributed by atoms with Crippen molar-refractivity contribution in [2.75, 3.05) is 13.1 Å². The topological polar surface area (TPSA) is 83.7 Å². The van der Waals surface area contributed by atoms with Gasteiger partial charge >= 0.3 is 6.09 Å². The minimum absolute atomic E-state index is 0.0398. The fourth-order valence-corrected chi connectivity index (χ4v) is 2.18. The van der Waals surface area contributed by atoms with E-state index in [-0.39, 0.29) is 23.9 Å². The molecule has 0 radical (unpaired) electrons. The van der Waals surface area contributed by atoms with Crippen LogP contribution >= 0.6 is 0 Å². The molecule has 17 heavy (non-hydrogen) atoms. The number of hydrogen-bond donors (Lipinski definition) is 1. The number of benzene rings is 1. The zero-order valence-corrected chi connectivity index (χ0v) is 9.02. The molecule has 1 N–H and O–H groups in total. The minimum atomic E-state index is -1.10. The van der Waals surface area contributed by atoms with Crippen LogP contribution in [0.2, 0.25) is 0 Å². The quantitative estimate of drug-likeness (QED) is 0.621. The summed E-state index contributed by atoms with van der Waals surface area (Å²) in [6.07, 6.45) is -1.10. The molecule has 90 valence electrons. The second kappa shape index (κ2) is 4.40. The second-order valence-electron chi connectivity index (χ2n) is 4.06. The molecule has 2 atom stereocenters.